The van der Waals surface area contributed by atoms with E-state index in [1.54, 1.807) is 31.4 Å². The zero-order valence-corrected chi connectivity index (χ0v) is 22.1. The van der Waals surface area contributed by atoms with Crippen molar-refractivity contribution >= 4 is 34.6 Å². The van der Waals surface area contributed by atoms with Crippen LogP contribution in [0, 0.1) is 23.6 Å². The van der Waals surface area contributed by atoms with Crippen LogP contribution in [0.4, 0.5) is 10.3 Å². The molecule has 3 aromatic rings. The first-order chi connectivity index (χ1) is 17.4. The van der Waals surface area contributed by atoms with Crippen molar-refractivity contribution < 1.29 is 24.1 Å². The predicted molar refractivity (Wildman–Crippen MR) is 136 cm³/mol. The maximum absolute atomic E-state index is 15.3. The van der Waals surface area contributed by atoms with Gasteiger partial charge >= 0.3 is 5.97 Å². The molecule has 0 amide bonds. The second-order valence-corrected chi connectivity index (χ2v) is 11.1. The highest BCUT2D eigenvalue weighted by atomic mass is 35.5. The van der Waals surface area contributed by atoms with Crippen LogP contribution in [0.25, 0.3) is 22.3 Å². The van der Waals surface area contributed by atoms with Crippen molar-refractivity contribution in [2.24, 2.45) is 17.8 Å². The fourth-order valence-electron chi connectivity index (χ4n) is 5.63. The van der Waals surface area contributed by atoms with E-state index in [9.17, 15) is 15.0 Å². The Hall–Kier alpha value is -2.82. The number of benzene rings is 1. The molecule has 2 saturated carbocycles. The van der Waals surface area contributed by atoms with E-state index < -0.39 is 17.5 Å². The van der Waals surface area contributed by atoms with E-state index in [0.717, 1.165) is 0 Å². The number of aliphatic hydroxyl groups is 2. The van der Waals surface area contributed by atoms with Crippen molar-refractivity contribution in [1.29, 1.82) is 0 Å². The highest BCUT2D eigenvalue weighted by molar-refractivity contribution is 6.33. The lowest BCUT2D eigenvalue weighted by molar-refractivity contribution is -0.146. The van der Waals surface area contributed by atoms with Crippen LogP contribution in [-0.4, -0.2) is 54.5 Å². The van der Waals surface area contributed by atoms with Gasteiger partial charge in [0.25, 0.3) is 0 Å². The Labute approximate surface area is 219 Å². The Kier molecular flexibility index (Phi) is 6.40. The van der Waals surface area contributed by atoms with Crippen LogP contribution in [0.2, 0.25) is 5.02 Å². The van der Waals surface area contributed by atoms with Gasteiger partial charge in [-0.2, -0.15) is 0 Å². The monoisotopic (exact) mass is 531 g/mol. The molecule has 2 heterocycles. The summed E-state index contributed by atoms with van der Waals surface area (Å²) in [5, 5.41) is 24.8. The first kappa shape index (κ1) is 25.8. The molecular formula is C26H31ClFN5O4. The number of ether oxygens (including phenoxy) is 1. The standard InChI is InChI=1S/C26H31ClFN5O4/c1-6-37-23(35)19-13-9-16(22(34)18(13)19)30-25-29-10-14(27)20(32-25)12-7-15(28)21-17(8-12)33(11(2)3)24(31-21)26(4,5)36/h7-8,10-11,13,16,18-19,22,34,36H,6,9H2,1-5H3,(H,29,30,32)/t13-,16+,18+,19+,22-/m0/s1. The summed E-state index contributed by atoms with van der Waals surface area (Å²) in [6, 6.07) is 2.65. The van der Waals surface area contributed by atoms with Crippen molar-refractivity contribution in [2.75, 3.05) is 11.9 Å². The summed E-state index contributed by atoms with van der Waals surface area (Å²) >= 11 is 6.44. The van der Waals surface area contributed by atoms with E-state index in [0.29, 0.717) is 35.6 Å². The van der Waals surface area contributed by atoms with Crippen molar-refractivity contribution in [3.8, 4) is 11.3 Å². The van der Waals surface area contributed by atoms with Crippen LogP contribution >= 0.6 is 11.6 Å². The van der Waals surface area contributed by atoms with Crippen LogP contribution in [0.15, 0.2) is 18.3 Å². The third kappa shape index (κ3) is 4.45. The summed E-state index contributed by atoms with van der Waals surface area (Å²) in [7, 11) is 0. The van der Waals surface area contributed by atoms with Gasteiger partial charge < -0.3 is 24.8 Å². The van der Waals surface area contributed by atoms with E-state index in [2.05, 4.69) is 20.3 Å². The summed E-state index contributed by atoms with van der Waals surface area (Å²) in [5.41, 5.74) is 0.157. The molecule has 11 heteroatoms. The summed E-state index contributed by atoms with van der Waals surface area (Å²) in [6.45, 7) is 9.18. The van der Waals surface area contributed by atoms with E-state index in [-0.39, 0.29) is 52.3 Å². The number of nitrogens with one attached hydrogen (secondary N) is 1. The number of imidazole rings is 1. The molecule has 2 aliphatic rings. The van der Waals surface area contributed by atoms with Gasteiger partial charge in [0.05, 0.1) is 47.1 Å². The van der Waals surface area contributed by atoms with E-state index in [4.69, 9.17) is 16.3 Å². The fourth-order valence-corrected chi connectivity index (χ4v) is 5.83. The Morgan fingerprint density at radius 3 is 2.68 bits per heavy atom. The zero-order chi connectivity index (χ0) is 26.8. The molecule has 198 valence electrons. The fraction of sp³-hybridized carbons (Fsp3) is 0.538. The summed E-state index contributed by atoms with van der Waals surface area (Å²) in [5.74, 6) is -0.544. The van der Waals surface area contributed by atoms with E-state index in [1.807, 2.05) is 13.8 Å². The molecule has 2 aliphatic carbocycles. The molecule has 2 fully saturated rings. The number of rotatable bonds is 7. The molecule has 0 aliphatic heterocycles. The maximum Gasteiger partial charge on any atom is 0.309 e. The second kappa shape index (κ2) is 9.18. The van der Waals surface area contributed by atoms with Crippen LogP contribution in [0.1, 0.15) is 52.9 Å². The quantitative estimate of drug-likeness (QED) is 0.390. The van der Waals surface area contributed by atoms with Gasteiger partial charge in [0.1, 0.15) is 16.9 Å². The molecule has 0 radical (unpaired) electrons. The SMILES string of the molecule is CCOC(=O)[C@@H]1[C@H]2C[C@@H](Nc3ncc(Cl)c(-c4cc(F)c5nc(C(C)(C)O)n(C(C)C)c5c4)n3)[C@H](O)[C@H]21. The summed E-state index contributed by atoms with van der Waals surface area (Å²) < 4.78 is 22.2. The number of esters is 1. The van der Waals surface area contributed by atoms with E-state index >= 15 is 4.39 Å². The van der Waals surface area contributed by atoms with E-state index in [1.165, 1.54) is 12.3 Å². The molecule has 0 saturated heterocycles. The van der Waals surface area contributed by atoms with Gasteiger partial charge in [0.2, 0.25) is 5.95 Å². The van der Waals surface area contributed by atoms with Crippen molar-refractivity contribution in [2.45, 2.75) is 64.8 Å². The highest BCUT2D eigenvalue weighted by Gasteiger charge is 2.65. The Morgan fingerprint density at radius 2 is 2.08 bits per heavy atom. The third-order valence-electron chi connectivity index (χ3n) is 7.27. The predicted octanol–water partition coefficient (Wildman–Crippen LogP) is 4.06. The number of aromatic nitrogens is 4. The van der Waals surface area contributed by atoms with Crippen molar-refractivity contribution in [3.05, 3.63) is 35.0 Å². The van der Waals surface area contributed by atoms with Crippen LogP contribution in [0.5, 0.6) is 0 Å². The first-order valence-electron chi connectivity index (χ1n) is 12.5. The van der Waals surface area contributed by atoms with Crippen LogP contribution in [-0.2, 0) is 15.1 Å². The molecule has 0 bridgehead atoms. The number of fused-ring (bicyclic) bond motifs is 2. The van der Waals surface area contributed by atoms with Gasteiger partial charge in [-0.25, -0.2) is 19.3 Å². The number of aliphatic hydroxyl groups excluding tert-OH is 1. The molecule has 3 N–H and O–H groups in total. The van der Waals surface area contributed by atoms with Gasteiger partial charge in [0.15, 0.2) is 5.82 Å². The Balaban J connectivity index is 1.45. The molecule has 9 nitrogen and oxygen atoms in total. The average Bonchev–Trinajstić information content (AvgIpc) is 3.22. The molecule has 1 aromatic carbocycles. The first-order valence-corrected chi connectivity index (χ1v) is 12.9. The smallest absolute Gasteiger partial charge is 0.309 e. The molecule has 5 atom stereocenters. The zero-order valence-electron chi connectivity index (χ0n) is 21.4. The lowest BCUT2D eigenvalue weighted by Crippen LogP contribution is -2.34. The molecule has 0 unspecified atom stereocenters. The molecule has 2 aromatic heterocycles. The summed E-state index contributed by atoms with van der Waals surface area (Å²) in [4.78, 5) is 25.3. The highest BCUT2D eigenvalue weighted by Crippen LogP contribution is 2.58. The number of anilines is 1. The summed E-state index contributed by atoms with van der Waals surface area (Å²) in [6.07, 6.45) is 1.28. The van der Waals surface area contributed by atoms with Crippen LogP contribution in [0.3, 0.4) is 0 Å². The number of nitrogens with zero attached hydrogens (tertiary/aromatic N) is 4. The van der Waals surface area contributed by atoms with Crippen LogP contribution < -0.4 is 5.32 Å². The number of carbonyl (C=O) groups is 1. The molecular weight excluding hydrogens is 501 g/mol. The lowest BCUT2D eigenvalue weighted by atomic mass is 10.0. The normalized spacial score (nSPS) is 25.0. The van der Waals surface area contributed by atoms with Gasteiger partial charge in [-0.3, -0.25) is 4.79 Å². The molecule has 0 spiro atoms. The second-order valence-electron chi connectivity index (χ2n) is 10.7. The molecule has 37 heavy (non-hydrogen) atoms. The van der Waals surface area contributed by atoms with Gasteiger partial charge in [-0.15, -0.1) is 0 Å². The number of hydrogen-bond acceptors (Lipinski definition) is 8. The lowest BCUT2D eigenvalue weighted by Gasteiger charge is -2.22. The maximum atomic E-state index is 15.3. The van der Waals surface area contributed by atoms with Gasteiger partial charge in [-0.05, 0) is 59.1 Å². The third-order valence-corrected chi connectivity index (χ3v) is 7.54. The molecule has 5 rings (SSSR count). The topological polar surface area (TPSA) is 122 Å². The van der Waals surface area contributed by atoms with Gasteiger partial charge in [-0.1, -0.05) is 11.6 Å². The number of carbonyl (C=O) groups excluding carboxylic acids is 1. The minimum absolute atomic E-state index is 0.0658. The Morgan fingerprint density at radius 1 is 1.35 bits per heavy atom. The minimum Gasteiger partial charge on any atom is -0.466 e. The van der Waals surface area contributed by atoms with Gasteiger partial charge in [0, 0.05) is 17.5 Å². The minimum atomic E-state index is -1.27. The number of hydrogen-bond donors (Lipinski definition) is 3. The van der Waals surface area contributed by atoms with Crippen molar-refractivity contribution in [1.82, 2.24) is 19.5 Å². The Bertz CT molecular complexity index is 1370. The average molecular weight is 532 g/mol. The number of halogens is 2. The van der Waals surface area contributed by atoms with Crippen molar-refractivity contribution in [3.63, 3.8) is 0 Å². The largest absolute Gasteiger partial charge is 0.466 e.